The standard InChI is InChI=1S/C27H31NO4/c1-15(2)12-18-9-11-20-21(14-18)25(29)28(7)23(24-26(30)32-27(5,6)31-24)22(20)19-10-8-16(3)17(4)13-19/h8-11,13-15,24H,12H2,1-7H3. The van der Waals surface area contributed by atoms with Crippen molar-refractivity contribution in [2.24, 2.45) is 13.0 Å². The number of esters is 1. The average Bonchev–Trinajstić information content (AvgIpc) is 2.98. The lowest BCUT2D eigenvalue weighted by atomic mass is 9.91. The van der Waals surface area contributed by atoms with Crippen molar-refractivity contribution in [2.75, 3.05) is 0 Å². The smallest absolute Gasteiger partial charge is 0.344 e. The van der Waals surface area contributed by atoms with Crippen LogP contribution < -0.4 is 5.56 Å². The molecule has 5 nitrogen and oxygen atoms in total. The first-order valence-electron chi connectivity index (χ1n) is 11.1. The SMILES string of the molecule is Cc1ccc(-c2c(C3OC(C)(C)OC3=O)n(C)c(=O)c3cc(CC(C)C)ccc23)cc1C. The maximum absolute atomic E-state index is 13.5. The molecule has 0 spiro atoms. The van der Waals surface area contributed by atoms with Crippen molar-refractivity contribution in [3.8, 4) is 11.1 Å². The quantitative estimate of drug-likeness (QED) is 0.519. The molecule has 0 aliphatic carbocycles. The van der Waals surface area contributed by atoms with Gasteiger partial charge < -0.3 is 14.0 Å². The number of cyclic esters (lactones) is 1. The van der Waals surface area contributed by atoms with Crippen LogP contribution in [0.5, 0.6) is 0 Å². The molecular weight excluding hydrogens is 402 g/mol. The largest absolute Gasteiger partial charge is 0.431 e. The minimum Gasteiger partial charge on any atom is -0.431 e. The van der Waals surface area contributed by atoms with E-state index in [2.05, 4.69) is 45.9 Å². The lowest BCUT2D eigenvalue weighted by molar-refractivity contribution is -0.161. The lowest BCUT2D eigenvalue weighted by Crippen LogP contribution is -2.26. The maximum atomic E-state index is 13.5. The predicted molar refractivity (Wildman–Crippen MR) is 127 cm³/mol. The number of hydrogen-bond donors (Lipinski definition) is 0. The number of ether oxygens (including phenoxy) is 2. The summed E-state index contributed by atoms with van der Waals surface area (Å²) < 4.78 is 13.0. The second-order valence-electron chi connectivity index (χ2n) is 9.72. The van der Waals surface area contributed by atoms with Crippen LogP contribution in [0, 0.1) is 19.8 Å². The molecule has 32 heavy (non-hydrogen) atoms. The van der Waals surface area contributed by atoms with E-state index in [0.29, 0.717) is 17.0 Å². The first-order chi connectivity index (χ1) is 15.0. The van der Waals surface area contributed by atoms with Gasteiger partial charge in [-0.3, -0.25) is 4.79 Å². The Bertz CT molecular complexity index is 1280. The van der Waals surface area contributed by atoms with E-state index in [9.17, 15) is 9.59 Å². The number of aryl methyl sites for hydroxylation is 2. The average molecular weight is 434 g/mol. The van der Waals surface area contributed by atoms with Crippen LogP contribution in [-0.2, 0) is 27.7 Å². The molecule has 2 heterocycles. The van der Waals surface area contributed by atoms with Crippen molar-refractivity contribution in [3.05, 3.63) is 69.1 Å². The molecule has 3 aromatic rings. The highest BCUT2D eigenvalue weighted by Gasteiger charge is 2.44. The Balaban J connectivity index is 2.08. The predicted octanol–water partition coefficient (Wildman–Crippen LogP) is 5.37. The van der Waals surface area contributed by atoms with E-state index in [1.165, 1.54) is 5.56 Å². The van der Waals surface area contributed by atoms with Gasteiger partial charge in [-0.05, 0) is 59.9 Å². The summed E-state index contributed by atoms with van der Waals surface area (Å²) in [4.78, 5) is 26.3. The zero-order valence-electron chi connectivity index (χ0n) is 19.9. The third-order valence-electron chi connectivity index (χ3n) is 6.16. The van der Waals surface area contributed by atoms with Crippen molar-refractivity contribution in [3.63, 3.8) is 0 Å². The second kappa shape index (κ2) is 7.89. The summed E-state index contributed by atoms with van der Waals surface area (Å²) >= 11 is 0. The zero-order chi connectivity index (χ0) is 23.4. The van der Waals surface area contributed by atoms with E-state index in [-0.39, 0.29) is 5.56 Å². The minimum atomic E-state index is -1.05. The summed E-state index contributed by atoms with van der Waals surface area (Å²) in [6.45, 7) is 11.9. The Labute approximate surface area is 189 Å². The van der Waals surface area contributed by atoms with Gasteiger partial charge in [0.1, 0.15) is 0 Å². The van der Waals surface area contributed by atoms with E-state index in [0.717, 1.165) is 34.1 Å². The summed E-state index contributed by atoms with van der Waals surface area (Å²) in [5.74, 6) is -1.04. The molecule has 1 unspecified atom stereocenters. The molecule has 1 aliphatic heterocycles. The molecule has 0 bridgehead atoms. The topological polar surface area (TPSA) is 57.5 Å². The number of pyridine rings is 1. The van der Waals surface area contributed by atoms with Gasteiger partial charge >= 0.3 is 5.97 Å². The van der Waals surface area contributed by atoms with Gasteiger partial charge in [-0.1, -0.05) is 44.2 Å². The molecule has 0 amide bonds. The van der Waals surface area contributed by atoms with Crippen LogP contribution in [-0.4, -0.2) is 16.3 Å². The number of fused-ring (bicyclic) bond motifs is 1. The van der Waals surface area contributed by atoms with Gasteiger partial charge in [0.05, 0.1) is 5.69 Å². The molecule has 1 aliphatic rings. The van der Waals surface area contributed by atoms with Gasteiger partial charge in [0, 0.05) is 31.8 Å². The summed E-state index contributed by atoms with van der Waals surface area (Å²) in [7, 11) is 1.71. The summed E-state index contributed by atoms with van der Waals surface area (Å²) in [5.41, 5.74) is 5.61. The summed E-state index contributed by atoms with van der Waals surface area (Å²) in [5, 5.41) is 1.47. The number of carbonyl (C=O) groups excluding carboxylic acids is 1. The van der Waals surface area contributed by atoms with E-state index in [1.54, 1.807) is 25.5 Å². The number of rotatable bonds is 4. The molecule has 0 radical (unpaired) electrons. The molecule has 5 heteroatoms. The van der Waals surface area contributed by atoms with E-state index in [4.69, 9.17) is 9.47 Å². The van der Waals surface area contributed by atoms with Gasteiger partial charge in [-0.25, -0.2) is 4.79 Å². The number of hydrogen-bond acceptors (Lipinski definition) is 4. The fourth-order valence-electron chi connectivity index (χ4n) is 4.51. The first-order valence-corrected chi connectivity index (χ1v) is 11.1. The molecule has 1 atom stereocenters. The van der Waals surface area contributed by atoms with Crippen molar-refractivity contribution in [2.45, 2.75) is 59.9 Å². The third-order valence-corrected chi connectivity index (χ3v) is 6.16. The molecule has 1 aromatic heterocycles. The normalized spacial score (nSPS) is 17.9. The van der Waals surface area contributed by atoms with Crippen molar-refractivity contribution in [1.82, 2.24) is 4.57 Å². The Morgan fingerprint density at radius 2 is 1.72 bits per heavy atom. The van der Waals surface area contributed by atoms with Gasteiger partial charge in [0.25, 0.3) is 5.56 Å². The van der Waals surface area contributed by atoms with Gasteiger partial charge in [0.2, 0.25) is 5.79 Å². The fourth-order valence-corrected chi connectivity index (χ4v) is 4.51. The van der Waals surface area contributed by atoms with Crippen LogP contribution in [0.2, 0.25) is 0 Å². The monoisotopic (exact) mass is 433 g/mol. The van der Waals surface area contributed by atoms with Crippen LogP contribution in [0.1, 0.15) is 56.2 Å². The van der Waals surface area contributed by atoms with E-state index >= 15 is 0 Å². The number of nitrogens with zero attached hydrogens (tertiary/aromatic N) is 1. The molecule has 1 fully saturated rings. The number of aromatic nitrogens is 1. The van der Waals surface area contributed by atoms with Gasteiger partial charge in [-0.15, -0.1) is 0 Å². The minimum absolute atomic E-state index is 0.144. The van der Waals surface area contributed by atoms with Crippen molar-refractivity contribution in [1.29, 1.82) is 0 Å². The summed E-state index contributed by atoms with van der Waals surface area (Å²) in [6, 6.07) is 12.3. The number of carbonyl (C=O) groups is 1. The molecule has 4 rings (SSSR count). The third kappa shape index (κ3) is 3.86. The zero-order valence-corrected chi connectivity index (χ0v) is 19.9. The first kappa shape index (κ1) is 22.3. The van der Waals surface area contributed by atoms with Crippen LogP contribution in [0.15, 0.2) is 41.2 Å². The van der Waals surface area contributed by atoms with Crippen LogP contribution in [0.3, 0.4) is 0 Å². The highest BCUT2D eigenvalue weighted by Crippen LogP contribution is 2.41. The van der Waals surface area contributed by atoms with Crippen LogP contribution >= 0.6 is 0 Å². The fraction of sp³-hybridized carbons (Fsp3) is 0.407. The molecular formula is C27H31NO4. The molecule has 0 saturated carbocycles. The molecule has 2 aromatic carbocycles. The summed E-state index contributed by atoms with van der Waals surface area (Å²) in [6.07, 6.45) is -0.0782. The highest BCUT2D eigenvalue weighted by atomic mass is 16.8. The second-order valence-corrected chi connectivity index (χ2v) is 9.72. The van der Waals surface area contributed by atoms with Crippen LogP contribution in [0.4, 0.5) is 0 Å². The maximum Gasteiger partial charge on any atom is 0.344 e. The molecule has 1 saturated heterocycles. The molecule has 168 valence electrons. The van der Waals surface area contributed by atoms with Gasteiger partial charge in [0.15, 0.2) is 6.10 Å². The van der Waals surface area contributed by atoms with E-state index < -0.39 is 17.9 Å². The Kier molecular flexibility index (Phi) is 5.49. The Morgan fingerprint density at radius 1 is 1.00 bits per heavy atom. The lowest BCUT2D eigenvalue weighted by Gasteiger charge is -2.22. The van der Waals surface area contributed by atoms with Crippen molar-refractivity contribution < 1.29 is 14.3 Å². The van der Waals surface area contributed by atoms with Crippen LogP contribution in [0.25, 0.3) is 21.9 Å². The Hall–Kier alpha value is -2.92. The van der Waals surface area contributed by atoms with Crippen molar-refractivity contribution >= 4 is 16.7 Å². The Morgan fingerprint density at radius 3 is 2.31 bits per heavy atom. The number of benzene rings is 2. The molecule has 0 N–H and O–H groups in total. The highest BCUT2D eigenvalue weighted by molar-refractivity contribution is 5.99. The van der Waals surface area contributed by atoms with Gasteiger partial charge in [-0.2, -0.15) is 0 Å². The van der Waals surface area contributed by atoms with E-state index in [1.807, 2.05) is 18.2 Å².